The summed E-state index contributed by atoms with van der Waals surface area (Å²) in [5.74, 6) is -5.15. The number of carbonyl (C=O) groups is 3. The number of benzene rings is 1. The first-order valence-corrected chi connectivity index (χ1v) is 10.9. The number of hydrogen-bond acceptors (Lipinski definition) is 8. The van der Waals surface area contributed by atoms with E-state index in [9.17, 15) is 29.7 Å². The molecule has 3 aliphatic rings. The van der Waals surface area contributed by atoms with Gasteiger partial charge in [0.25, 0.3) is 5.91 Å². The second-order valence-corrected chi connectivity index (χ2v) is 9.64. The number of hydrogen-bond donors (Lipinski definition) is 4. The molecule has 1 fully saturated rings. The summed E-state index contributed by atoms with van der Waals surface area (Å²) in [6.07, 6.45) is 0.711. The Bertz CT molecular complexity index is 1150. The minimum Gasteiger partial charge on any atom is -0.511 e. The average molecular weight is 456 g/mol. The van der Waals surface area contributed by atoms with Gasteiger partial charge in [0.05, 0.1) is 11.5 Å². The standard InChI is InChI=1S/C24H29N3O6/c1-26(2)9-12-7-14(27(3)4)13-6-10-5-11-8-15(28)19(24(25)33)23(32)17(11)21(30)16(10)22(31)18(13)20(12)29/h7,10-11,17,29,31-32H,5-6,8-9H2,1-4H3,(H2,25,33). The molecular weight excluding hydrogens is 426 g/mol. The highest BCUT2D eigenvalue weighted by atomic mass is 16.3. The normalized spacial score (nSPS) is 24.6. The molecule has 3 atom stereocenters. The van der Waals surface area contributed by atoms with Crippen molar-refractivity contribution in [1.82, 2.24) is 4.90 Å². The summed E-state index contributed by atoms with van der Waals surface area (Å²) in [4.78, 5) is 41.4. The van der Waals surface area contributed by atoms with Crippen molar-refractivity contribution in [3.63, 3.8) is 0 Å². The number of nitrogens with zero attached hydrogens (tertiary/aromatic N) is 2. The summed E-state index contributed by atoms with van der Waals surface area (Å²) in [6.45, 7) is 0.429. The van der Waals surface area contributed by atoms with Crippen molar-refractivity contribution in [1.29, 1.82) is 0 Å². The van der Waals surface area contributed by atoms with Gasteiger partial charge in [0.15, 0.2) is 11.6 Å². The second kappa shape index (κ2) is 7.91. The second-order valence-electron chi connectivity index (χ2n) is 9.64. The van der Waals surface area contributed by atoms with Crippen LogP contribution in [0.25, 0.3) is 5.76 Å². The quantitative estimate of drug-likeness (QED) is 0.499. The molecule has 4 rings (SSSR count). The summed E-state index contributed by atoms with van der Waals surface area (Å²) in [5, 5.41) is 33.0. The van der Waals surface area contributed by atoms with Crippen LogP contribution >= 0.6 is 0 Å². The van der Waals surface area contributed by atoms with Crippen LogP contribution < -0.4 is 10.6 Å². The summed E-state index contributed by atoms with van der Waals surface area (Å²) in [5.41, 5.74) is 7.25. The van der Waals surface area contributed by atoms with E-state index >= 15 is 0 Å². The number of primary amides is 1. The Morgan fingerprint density at radius 1 is 1.12 bits per heavy atom. The van der Waals surface area contributed by atoms with E-state index in [1.165, 1.54) is 0 Å². The van der Waals surface area contributed by atoms with Crippen molar-refractivity contribution >= 4 is 28.9 Å². The lowest BCUT2D eigenvalue weighted by molar-refractivity contribution is -0.127. The molecule has 3 aliphatic carbocycles. The van der Waals surface area contributed by atoms with Gasteiger partial charge in [-0.2, -0.15) is 0 Å². The van der Waals surface area contributed by atoms with Crippen LogP contribution in [0.2, 0.25) is 0 Å². The first kappa shape index (κ1) is 22.8. The highest BCUT2D eigenvalue weighted by Crippen LogP contribution is 2.52. The minimum atomic E-state index is -1.11. The lowest BCUT2D eigenvalue weighted by atomic mass is 9.61. The third-order valence-electron chi connectivity index (χ3n) is 6.91. The molecule has 5 N–H and O–H groups in total. The molecule has 0 radical (unpaired) electrons. The Labute approximate surface area is 191 Å². The monoisotopic (exact) mass is 455 g/mol. The number of fused-ring (bicyclic) bond motifs is 3. The average Bonchev–Trinajstić information content (AvgIpc) is 2.68. The Morgan fingerprint density at radius 3 is 2.36 bits per heavy atom. The SMILES string of the molecule is CN(C)Cc1cc(N(C)C)c2c(c1O)C(O)=C1C(=O)C3C(O)=C(C(N)=O)C(=O)CC3CC1C2. The Kier molecular flexibility index (Phi) is 5.48. The molecule has 1 aromatic rings. The summed E-state index contributed by atoms with van der Waals surface area (Å²) < 4.78 is 0. The van der Waals surface area contributed by atoms with Crippen molar-refractivity contribution in [3.05, 3.63) is 39.7 Å². The molecule has 0 aliphatic heterocycles. The lowest BCUT2D eigenvalue weighted by Gasteiger charge is -2.41. The smallest absolute Gasteiger partial charge is 0.255 e. The third-order valence-corrected chi connectivity index (χ3v) is 6.91. The van der Waals surface area contributed by atoms with Crippen LogP contribution in [0.3, 0.4) is 0 Å². The number of aliphatic hydroxyl groups excluding tert-OH is 2. The first-order valence-electron chi connectivity index (χ1n) is 10.9. The van der Waals surface area contributed by atoms with E-state index in [0.717, 1.165) is 11.3 Å². The molecule has 0 saturated heterocycles. The predicted molar refractivity (Wildman–Crippen MR) is 122 cm³/mol. The number of phenols is 1. The van der Waals surface area contributed by atoms with Crippen LogP contribution in [0.4, 0.5) is 5.69 Å². The van der Waals surface area contributed by atoms with Crippen molar-refractivity contribution in [2.45, 2.75) is 25.8 Å². The number of nitrogens with two attached hydrogens (primary N) is 1. The fourth-order valence-corrected chi connectivity index (χ4v) is 5.60. The van der Waals surface area contributed by atoms with E-state index in [-0.39, 0.29) is 35.0 Å². The van der Waals surface area contributed by atoms with Crippen molar-refractivity contribution in [2.75, 3.05) is 33.1 Å². The molecule has 176 valence electrons. The van der Waals surface area contributed by atoms with Gasteiger partial charge in [-0.1, -0.05) is 0 Å². The first-order chi connectivity index (χ1) is 15.4. The number of anilines is 1. The van der Waals surface area contributed by atoms with E-state index < -0.39 is 40.6 Å². The van der Waals surface area contributed by atoms with Crippen molar-refractivity contribution in [2.24, 2.45) is 23.5 Å². The van der Waals surface area contributed by atoms with E-state index in [1.54, 1.807) is 0 Å². The number of carbonyl (C=O) groups excluding carboxylic acids is 3. The zero-order valence-corrected chi connectivity index (χ0v) is 19.2. The van der Waals surface area contributed by atoms with Crippen LogP contribution in [-0.2, 0) is 27.3 Å². The van der Waals surface area contributed by atoms with E-state index in [2.05, 4.69) is 0 Å². The number of amides is 1. The molecule has 9 nitrogen and oxygen atoms in total. The van der Waals surface area contributed by atoms with Crippen LogP contribution in [0, 0.1) is 17.8 Å². The van der Waals surface area contributed by atoms with Crippen LogP contribution in [-0.4, -0.2) is 65.9 Å². The maximum absolute atomic E-state index is 13.5. The molecule has 0 spiro atoms. The minimum absolute atomic E-state index is 0.0658. The highest BCUT2D eigenvalue weighted by molar-refractivity contribution is 6.21. The predicted octanol–water partition coefficient (Wildman–Crippen LogP) is 1.44. The summed E-state index contributed by atoms with van der Waals surface area (Å²) >= 11 is 0. The Morgan fingerprint density at radius 2 is 1.79 bits per heavy atom. The number of aliphatic hydroxyl groups is 2. The van der Waals surface area contributed by atoms with Crippen LogP contribution in [0.15, 0.2) is 23.0 Å². The fraction of sp³-hybridized carbons (Fsp3) is 0.458. The van der Waals surface area contributed by atoms with Gasteiger partial charge in [0.1, 0.15) is 22.8 Å². The number of Topliss-reactive ketones (excluding diaryl/α,β-unsaturated/α-hetero) is 2. The number of allylic oxidation sites excluding steroid dienone is 2. The molecule has 1 saturated carbocycles. The highest BCUT2D eigenvalue weighted by Gasteiger charge is 2.51. The number of ketones is 2. The van der Waals surface area contributed by atoms with Gasteiger partial charge >= 0.3 is 0 Å². The summed E-state index contributed by atoms with van der Waals surface area (Å²) in [6, 6.07) is 1.89. The fourth-order valence-electron chi connectivity index (χ4n) is 5.60. The van der Waals surface area contributed by atoms with Crippen molar-refractivity contribution in [3.8, 4) is 5.75 Å². The van der Waals surface area contributed by atoms with Gasteiger partial charge in [-0.25, -0.2) is 0 Å². The van der Waals surface area contributed by atoms with Gasteiger partial charge in [0, 0.05) is 43.9 Å². The van der Waals surface area contributed by atoms with E-state index in [4.69, 9.17) is 5.73 Å². The molecule has 0 aromatic heterocycles. The molecule has 1 aromatic carbocycles. The zero-order chi connectivity index (χ0) is 24.4. The summed E-state index contributed by atoms with van der Waals surface area (Å²) in [7, 11) is 7.48. The van der Waals surface area contributed by atoms with Crippen LogP contribution in [0.1, 0.15) is 29.5 Å². The van der Waals surface area contributed by atoms with Gasteiger partial charge < -0.3 is 30.9 Å². The number of aromatic hydroxyl groups is 1. The molecular formula is C24H29N3O6. The maximum Gasteiger partial charge on any atom is 0.255 e. The topological polar surface area (TPSA) is 144 Å². The third kappa shape index (κ3) is 3.47. The molecule has 33 heavy (non-hydrogen) atoms. The number of rotatable bonds is 4. The van der Waals surface area contributed by atoms with E-state index in [1.807, 2.05) is 44.1 Å². The van der Waals surface area contributed by atoms with E-state index in [0.29, 0.717) is 24.9 Å². The van der Waals surface area contributed by atoms with Crippen LogP contribution in [0.5, 0.6) is 5.75 Å². The molecule has 1 amide bonds. The van der Waals surface area contributed by atoms with Gasteiger partial charge in [-0.3, -0.25) is 14.4 Å². The number of phenolic OH excluding ortho intramolecular Hbond substituents is 1. The van der Waals surface area contributed by atoms with Gasteiger partial charge in [0.2, 0.25) is 0 Å². The zero-order valence-electron chi connectivity index (χ0n) is 19.2. The van der Waals surface area contributed by atoms with Gasteiger partial charge in [-0.05, 0) is 50.4 Å². The van der Waals surface area contributed by atoms with Crippen molar-refractivity contribution < 1.29 is 29.7 Å². The van der Waals surface area contributed by atoms with Gasteiger partial charge in [-0.15, -0.1) is 0 Å². The molecule has 9 heteroatoms. The molecule has 3 unspecified atom stereocenters. The largest absolute Gasteiger partial charge is 0.511 e. The maximum atomic E-state index is 13.5. The lowest BCUT2D eigenvalue weighted by Crippen LogP contribution is -2.44. The Balaban J connectivity index is 1.91. The molecule has 0 heterocycles. The Hall–Kier alpha value is -3.33. The molecule has 0 bridgehead atoms.